The topological polar surface area (TPSA) is 43.3 Å². The molecule has 0 unspecified atom stereocenters. The Balaban J connectivity index is 0.000000166. The van der Waals surface area contributed by atoms with E-state index in [0.717, 1.165) is 49.0 Å². The van der Waals surface area contributed by atoms with Gasteiger partial charge in [-0.3, -0.25) is 4.79 Å². The summed E-state index contributed by atoms with van der Waals surface area (Å²) in [5.41, 5.74) is 4.68. The van der Waals surface area contributed by atoms with E-state index >= 15 is 0 Å². The van der Waals surface area contributed by atoms with Gasteiger partial charge in [0.25, 0.3) is 0 Å². The van der Waals surface area contributed by atoms with E-state index in [2.05, 4.69) is 48.0 Å². The number of fused-ring (bicyclic) bond motifs is 2. The van der Waals surface area contributed by atoms with Crippen LogP contribution in [0.5, 0.6) is 0 Å². The van der Waals surface area contributed by atoms with Crippen LogP contribution in [0.15, 0.2) is 48.7 Å². The molecule has 5 rings (SSSR count). The smallest absolute Gasteiger partial charge is 0.161 e. The van der Waals surface area contributed by atoms with Crippen molar-refractivity contribution in [3.05, 3.63) is 70.4 Å². The predicted octanol–water partition coefficient (Wildman–Crippen LogP) is 7.26. The molecule has 1 aromatic heterocycles. The average molecular weight is 481 g/mol. The summed E-state index contributed by atoms with van der Waals surface area (Å²) in [5.74, 6) is 0.102. The summed E-state index contributed by atoms with van der Waals surface area (Å²) < 4.78 is 8.25. The Labute approximate surface area is 208 Å². The van der Waals surface area contributed by atoms with Crippen molar-refractivity contribution in [1.82, 2.24) is 9.88 Å². The number of halogens is 1. The highest BCUT2D eigenvalue weighted by molar-refractivity contribution is 6.31. The first-order chi connectivity index (χ1) is 16.5. The number of hydrogen-bond acceptors (Lipinski definition) is 3. The van der Waals surface area contributed by atoms with E-state index in [1.807, 2.05) is 24.4 Å². The number of benzene rings is 2. The molecule has 4 nitrogen and oxygen atoms in total. The second kappa shape index (κ2) is 11.1. The molecular formula is C29H37ClN2O2. The first-order valence-corrected chi connectivity index (χ1v) is 13.1. The van der Waals surface area contributed by atoms with Gasteiger partial charge in [0.05, 0.1) is 17.7 Å². The highest BCUT2D eigenvalue weighted by Crippen LogP contribution is 2.43. The monoisotopic (exact) mass is 480 g/mol. The number of nitrogens with zero attached hydrogens (tertiary/aromatic N) is 1. The molecule has 2 aliphatic rings. The third kappa shape index (κ3) is 5.25. The number of nitrogens with one attached hydrogen (secondary N) is 1. The maximum absolute atomic E-state index is 11.7. The fourth-order valence-corrected chi connectivity index (χ4v) is 5.74. The highest BCUT2D eigenvalue weighted by Gasteiger charge is 2.37. The van der Waals surface area contributed by atoms with Crippen LogP contribution < -0.4 is 5.32 Å². The van der Waals surface area contributed by atoms with Crippen LogP contribution in [0.25, 0.3) is 10.9 Å². The third-order valence-corrected chi connectivity index (χ3v) is 7.36. The zero-order valence-electron chi connectivity index (χ0n) is 20.7. The molecule has 34 heavy (non-hydrogen) atoms. The van der Waals surface area contributed by atoms with E-state index in [4.69, 9.17) is 16.3 Å². The molecule has 0 radical (unpaired) electrons. The molecule has 0 bridgehead atoms. The van der Waals surface area contributed by atoms with Crippen LogP contribution in [-0.4, -0.2) is 22.9 Å². The Hall–Kier alpha value is -2.14. The van der Waals surface area contributed by atoms with Gasteiger partial charge < -0.3 is 14.6 Å². The summed E-state index contributed by atoms with van der Waals surface area (Å²) in [5, 5.41) is 5.19. The van der Waals surface area contributed by atoms with Gasteiger partial charge in [0.2, 0.25) is 0 Å². The van der Waals surface area contributed by atoms with Crippen LogP contribution in [0.2, 0.25) is 5.02 Å². The van der Waals surface area contributed by atoms with Crippen LogP contribution >= 0.6 is 11.6 Å². The van der Waals surface area contributed by atoms with E-state index in [1.54, 1.807) is 6.92 Å². The number of ether oxygens (including phenoxy) is 1. The quantitative estimate of drug-likeness (QED) is 0.362. The standard InChI is InChI=1S/C15H17ClN2O.C14H20O/c1-10(19)14-9-18(8-12-3-2-6-17-12)15-7-11(16)4-5-13(14)15;1-3-9-14(10-4-2)13-8-6-5-7-12(13)11-15-14/h4-5,7,9,12,17H,2-3,6,8H2,1H3;5-8H,3-4,9-11H2,1-2H3/t12-;/m0./s1. The fraction of sp³-hybridized carbons (Fsp3) is 0.483. The van der Waals surface area contributed by atoms with Gasteiger partial charge in [-0.1, -0.05) is 68.6 Å². The van der Waals surface area contributed by atoms with Crippen LogP contribution in [0, 0.1) is 0 Å². The summed E-state index contributed by atoms with van der Waals surface area (Å²) >= 11 is 6.08. The minimum absolute atomic E-state index is 0.0279. The van der Waals surface area contributed by atoms with Crippen LogP contribution in [0.4, 0.5) is 0 Å². The van der Waals surface area contributed by atoms with Gasteiger partial charge >= 0.3 is 0 Å². The number of carbonyl (C=O) groups excluding carboxylic acids is 1. The summed E-state index contributed by atoms with van der Waals surface area (Å²) in [6.45, 7) is 8.87. The lowest BCUT2D eigenvalue weighted by Gasteiger charge is -2.29. The zero-order valence-corrected chi connectivity index (χ0v) is 21.5. The average Bonchev–Trinajstić information content (AvgIpc) is 3.55. The second-order valence-electron chi connectivity index (χ2n) is 9.65. The van der Waals surface area contributed by atoms with E-state index in [1.165, 1.54) is 36.8 Å². The van der Waals surface area contributed by atoms with Gasteiger partial charge in [-0.05, 0) is 62.4 Å². The molecular weight excluding hydrogens is 444 g/mol. The van der Waals surface area contributed by atoms with E-state index in [-0.39, 0.29) is 11.4 Å². The lowest BCUT2D eigenvalue weighted by atomic mass is 9.85. The normalized spacial score (nSPS) is 18.5. The summed E-state index contributed by atoms with van der Waals surface area (Å²) in [6.07, 6.45) is 9.06. The second-order valence-corrected chi connectivity index (χ2v) is 10.1. The molecule has 0 amide bonds. The zero-order chi connectivity index (χ0) is 24.1. The molecule has 0 saturated carbocycles. The molecule has 1 atom stereocenters. The Kier molecular flexibility index (Phi) is 8.13. The molecule has 1 fully saturated rings. The van der Waals surface area contributed by atoms with Crippen molar-refractivity contribution in [2.75, 3.05) is 6.54 Å². The van der Waals surface area contributed by atoms with Crippen LogP contribution in [-0.2, 0) is 23.5 Å². The number of carbonyl (C=O) groups is 1. The lowest BCUT2D eigenvalue weighted by molar-refractivity contribution is -0.0518. The molecule has 2 aliphatic heterocycles. The molecule has 3 heterocycles. The number of ketones is 1. The highest BCUT2D eigenvalue weighted by atomic mass is 35.5. The van der Waals surface area contributed by atoms with Gasteiger partial charge in [-0.15, -0.1) is 0 Å². The first-order valence-electron chi connectivity index (χ1n) is 12.7. The number of aromatic nitrogens is 1. The Bertz CT molecular complexity index is 1120. The van der Waals surface area contributed by atoms with E-state index < -0.39 is 0 Å². The first kappa shape index (κ1) is 25.0. The number of hydrogen-bond donors (Lipinski definition) is 1. The molecule has 3 aromatic rings. The van der Waals surface area contributed by atoms with Crippen LogP contribution in [0.3, 0.4) is 0 Å². The Morgan fingerprint density at radius 3 is 2.62 bits per heavy atom. The maximum Gasteiger partial charge on any atom is 0.161 e. The molecule has 182 valence electrons. The summed E-state index contributed by atoms with van der Waals surface area (Å²) in [6, 6.07) is 14.9. The van der Waals surface area contributed by atoms with Crippen molar-refractivity contribution >= 4 is 28.3 Å². The number of rotatable bonds is 7. The van der Waals surface area contributed by atoms with Crippen molar-refractivity contribution in [1.29, 1.82) is 0 Å². The van der Waals surface area contributed by atoms with Crippen molar-refractivity contribution < 1.29 is 9.53 Å². The van der Waals surface area contributed by atoms with Crippen molar-refractivity contribution in [2.24, 2.45) is 0 Å². The minimum Gasteiger partial charge on any atom is -0.366 e. The fourth-order valence-electron chi connectivity index (χ4n) is 5.58. The molecule has 1 N–H and O–H groups in total. The predicted molar refractivity (Wildman–Crippen MR) is 141 cm³/mol. The molecule has 1 saturated heterocycles. The minimum atomic E-state index is 0.0279. The maximum atomic E-state index is 11.7. The third-order valence-electron chi connectivity index (χ3n) is 7.12. The van der Waals surface area contributed by atoms with Gasteiger partial charge in [-0.2, -0.15) is 0 Å². The Morgan fingerprint density at radius 1 is 1.18 bits per heavy atom. The molecule has 2 aromatic carbocycles. The van der Waals surface area contributed by atoms with Gasteiger partial charge in [-0.25, -0.2) is 0 Å². The number of Topliss-reactive ketones (excluding diaryl/α,β-unsaturated/α-hetero) is 1. The molecule has 0 aliphatic carbocycles. The largest absolute Gasteiger partial charge is 0.366 e. The van der Waals surface area contributed by atoms with Crippen molar-refractivity contribution in [3.63, 3.8) is 0 Å². The van der Waals surface area contributed by atoms with E-state index in [9.17, 15) is 4.79 Å². The van der Waals surface area contributed by atoms with Crippen molar-refractivity contribution in [3.8, 4) is 0 Å². The van der Waals surface area contributed by atoms with Crippen LogP contribution in [0.1, 0.15) is 80.8 Å². The van der Waals surface area contributed by atoms with E-state index in [0.29, 0.717) is 11.1 Å². The SMILES string of the molecule is CC(=O)c1cn(C[C@@H]2CCCN2)c2cc(Cl)ccc12.CCCC1(CCC)OCc2ccccc21. The summed E-state index contributed by atoms with van der Waals surface area (Å²) in [4.78, 5) is 11.7. The molecule has 5 heteroatoms. The van der Waals surface area contributed by atoms with Crippen molar-refractivity contribution in [2.45, 2.75) is 84.1 Å². The summed E-state index contributed by atoms with van der Waals surface area (Å²) in [7, 11) is 0. The van der Waals surface area contributed by atoms with Gasteiger partial charge in [0.15, 0.2) is 5.78 Å². The van der Waals surface area contributed by atoms with Gasteiger partial charge in [0, 0.05) is 34.8 Å². The van der Waals surface area contributed by atoms with Gasteiger partial charge in [0.1, 0.15) is 0 Å². The molecule has 0 spiro atoms. The Morgan fingerprint density at radius 2 is 1.94 bits per heavy atom. The lowest BCUT2D eigenvalue weighted by Crippen LogP contribution is -2.26.